The molecule has 2 unspecified atom stereocenters. The molecule has 2 N–H and O–H groups in total. The molecule has 0 aromatic carbocycles. The number of aromatic nitrogens is 2. The molecule has 94 valence electrons. The third kappa shape index (κ3) is 3.26. The van der Waals surface area contributed by atoms with Crippen molar-refractivity contribution in [2.24, 2.45) is 5.92 Å². The van der Waals surface area contributed by atoms with Gasteiger partial charge in [-0.3, -0.25) is 4.79 Å². The molecule has 6 nitrogen and oxygen atoms in total. The first kappa shape index (κ1) is 12.0. The minimum atomic E-state index is -0.0611. The lowest BCUT2D eigenvalue weighted by molar-refractivity contribution is -0.124. The zero-order chi connectivity index (χ0) is 12.1. The highest BCUT2D eigenvalue weighted by atomic mass is 16.5. The van der Waals surface area contributed by atoms with E-state index in [1.165, 1.54) is 6.39 Å². The molecule has 1 aliphatic heterocycles. The lowest BCUT2D eigenvalue weighted by Crippen LogP contribution is -2.51. The molecule has 0 saturated carbocycles. The second-order valence-corrected chi connectivity index (χ2v) is 4.44. The van der Waals surface area contributed by atoms with Crippen LogP contribution < -0.4 is 10.6 Å². The van der Waals surface area contributed by atoms with Crippen LogP contribution >= 0.6 is 0 Å². The van der Waals surface area contributed by atoms with Crippen LogP contribution in [0.4, 0.5) is 0 Å². The number of piperidine rings is 1. The molecule has 0 bridgehead atoms. The second-order valence-electron chi connectivity index (χ2n) is 4.44. The van der Waals surface area contributed by atoms with Crippen LogP contribution in [0.2, 0.25) is 0 Å². The molecular weight excluding hydrogens is 220 g/mol. The lowest BCUT2D eigenvalue weighted by Gasteiger charge is -2.28. The van der Waals surface area contributed by atoms with Crippen LogP contribution in [0.5, 0.6) is 0 Å². The molecule has 2 rings (SSSR count). The van der Waals surface area contributed by atoms with Crippen LogP contribution in [0.25, 0.3) is 0 Å². The fraction of sp³-hybridized carbons (Fsp3) is 0.727. The minimum absolute atomic E-state index is 0.0611. The van der Waals surface area contributed by atoms with Crippen molar-refractivity contribution < 1.29 is 9.32 Å². The van der Waals surface area contributed by atoms with Crippen LogP contribution in [-0.2, 0) is 11.2 Å². The van der Waals surface area contributed by atoms with Crippen molar-refractivity contribution in [3.05, 3.63) is 12.2 Å². The molecule has 1 saturated heterocycles. The Bertz CT molecular complexity index is 352. The smallest absolute Gasteiger partial charge is 0.237 e. The van der Waals surface area contributed by atoms with Gasteiger partial charge in [-0.25, -0.2) is 0 Å². The van der Waals surface area contributed by atoms with E-state index in [1.807, 2.05) is 0 Å². The summed E-state index contributed by atoms with van der Waals surface area (Å²) in [7, 11) is 0. The molecule has 2 heterocycles. The Labute approximate surface area is 100 Å². The summed E-state index contributed by atoms with van der Waals surface area (Å²) in [6.07, 6.45) is 4.15. The Morgan fingerprint density at radius 2 is 2.59 bits per heavy atom. The highest BCUT2D eigenvalue weighted by Gasteiger charge is 2.26. The van der Waals surface area contributed by atoms with Crippen molar-refractivity contribution in [1.82, 2.24) is 20.8 Å². The molecule has 1 fully saturated rings. The van der Waals surface area contributed by atoms with Gasteiger partial charge in [0.25, 0.3) is 0 Å². The van der Waals surface area contributed by atoms with Crippen molar-refractivity contribution in [2.45, 2.75) is 32.2 Å². The van der Waals surface area contributed by atoms with E-state index in [0.717, 1.165) is 19.4 Å². The van der Waals surface area contributed by atoms with Crippen LogP contribution in [0, 0.1) is 5.92 Å². The fourth-order valence-electron chi connectivity index (χ4n) is 2.11. The van der Waals surface area contributed by atoms with Gasteiger partial charge in [-0.05, 0) is 25.3 Å². The van der Waals surface area contributed by atoms with Crippen molar-refractivity contribution >= 4 is 5.91 Å². The van der Waals surface area contributed by atoms with E-state index < -0.39 is 0 Å². The van der Waals surface area contributed by atoms with Gasteiger partial charge in [-0.2, -0.15) is 4.98 Å². The van der Waals surface area contributed by atoms with Gasteiger partial charge in [0.15, 0.2) is 5.82 Å². The molecule has 17 heavy (non-hydrogen) atoms. The summed E-state index contributed by atoms with van der Waals surface area (Å²) in [4.78, 5) is 15.8. The van der Waals surface area contributed by atoms with E-state index in [0.29, 0.717) is 24.7 Å². The third-order valence-corrected chi connectivity index (χ3v) is 3.11. The predicted octanol–water partition coefficient (Wildman–Crippen LogP) is 0.116. The van der Waals surface area contributed by atoms with Crippen molar-refractivity contribution in [1.29, 1.82) is 0 Å². The number of rotatable bonds is 4. The number of carbonyl (C=O) groups is 1. The van der Waals surface area contributed by atoms with Gasteiger partial charge in [-0.15, -0.1) is 0 Å². The maximum Gasteiger partial charge on any atom is 0.237 e. The zero-order valence-corrected chi connectivity index (χ0v) is 9.98. The first-order valence-corrected chi connectivity index (χ1v) is 6.03. The summed E-state index contributed by atoms with van der Waals surface area (Å²) < 4.78 is 4.62. The Morgan fingerprint density at radius 1 is 1.71 bits per heavy atom. The summed E-state index contributed by atoms with van der Waals surface area (Å²) in [5, 5.41) is 9.84. The summed E-state index contributed by atoms with van der Waals surface area (Å²) in [5.74, 6) is 1.09. The van der Waals surface area contributed by atoms with Gasteiger partial charge in [0.1, 0.15) is 0 Å². The van der Waals surface area contributed by atoms with E-state index in [4.69, 9.17) is 0 Å². The number of nitrogens with zero attached hydrogens (tertiary/aromatic N) is 2. The van der Waals surface area contributed by atoms with Gasteiger partial charge < -0.3 is 15.2 Å². The van der Waals surface area contributed by atoms with E-state index in [-0.39, 0.29) is 11.9 Å². The third-order valence-electron chi connectivity index (χ3n) is 3.11. The Balaban J connectivity index is 1.73. The Hall–Kier alpha value is -1.43. The lowest BCUT2D eigenvalue weighted by atomic mass is 9.92. The predicted molar refractivity (Wildman–Crippen MR) is 61.2 cm³/mol. The number of amides is 1. The topological polar surface area (TPSA) is 80.0 Å². The molecule has 1 aliphatic rings. The first-order valence-electron chi connectivity index (χ1n) is 6.03. The van der Waals surface area contributed by atoms with Gasteiger partial charge >= 0.3 is 0 Å². The second kappa shape index (κ2) is 5.77. The van der Waals surface area contributed by atoms with Crippen molar-refractivity contribution in [3.8, 4) is 0 Å². The molecule has 0 aliphatic carbocycles. The number of hydrogen-bond acceptors (Lipinski definition) is 5. The zero-order valence-electron chi connectivity index (χ0n) is 9.98. The van der Waals surface area contributed by atoms with Crippen LogP contribution in [0.15, 0.2) is 10.9 Å². The number of hydrogen-bond donors (Lipinski definition) is 2. The van der Waals surface area contributed by atoms with Gasteiger partial charge in [0.2, 0.25) is 12.3 Å². The van der Waals surface area contributed by atoms with E-state index in [1.54, 1.807) is 0 Å². The summed E-state index contributed by atoms with van der Waals surface area (Å²) >= 11 is 0. The van der Waals surface area contributed by atoms with Crippen LogP contribution in [-0.4, -0.2) is 35.2 Å². The average Bonchev–Trinajstić information content (AvgIpc) is 2.82. The van der Waals surface area contributed by atoms with Crippen molar-refractivity contribution in [3.63, 3.8) is 0 Å². The summed E-state index contributed by atoms with van der Waals surface area (Å²) in [6, 6.07) is -0.0611. The molecule has 1 amide bonds. The maximum atomic E-state index is 11.9. The highest BCUT2D eigenvalue weighted by molar-refractivity contribution is 5.82. The van der Waals surface area contributed by atoms with E-state index >= 15 is 0 Å². The van der Waals surface area contributed by atoms with Gasteiger partial charge in [-0.1, -0.05) is 12.1 Å². The molecule has 1 aromatic heterocycles. The number of carbonyl (C=O) groups excluding carboxylic acids is 1. The Kier molecular flexibility index (Phi) is 4.08. The monoisotopic (exact) mass is 238 g/mol. The standard InChI is InChI=1S/C11H18N4O2/c1-8-3-2-5-12-10(8)11(16)13-6-4-9-14-7-17-15-9/h7-8,10,12H,2-6H2,1H3,(H,13,16). The van der Waals surface area contributed by atoms with E-state index in [9.17, 15) is 4.79 Å². The maximum absolute atomic E-state index is 11.9. The van der Waals surface area contributed by atoms with Gasteiger partial charge in [0, 0.05) is 13.0 Å². The molecule has 0 radical (unpaired) electrons. The molecular formula is C11H18N4O2. The van der Waals surface area contributed by atoms with Crippen molar-refractivity contribution in [2.75, 3.05) is 13.1 Å². The van der Waals surface area contributed by atoms with E-state index in [2.05, 4.69) is 32.2 Å². The van der Waals surface area contributed by atoms with Gasteiger partial charge in [0.05, 0.1) is 6.04 Å². The first-order chi connectivity index (χ1) is 8.27. The summed E-state index contributed by atoms with van der Waals surface area (Å²) in [5.41, 5.74) is 0. The largest absolute Gasteiger partial charge is 0.354 e. The van der Waals surface area contributed by atoms with Crippen LogP contribution in [0.1, 0.15) is 25.6 Å². The normalized spacial score (nSPS) is 24.5. The molecule has 2 atom stereocenters. The van der Waals surface area contributed by atoms with Crippen LogP contribution in [0.3, 0.4) is 0 Å². The SMILES string of the molecule is CC1CCCNC1C(=O)NCCc1ncon1. The minimum Gasteiger partial charge on any atom is -0.354 e. The molecule has 1 aromatic rings. The Morgan fingerprint density at radius 3 is 3.29 bits per heavy atom. The molecule has 0 spiro atoms. The molecule has 6 heteroatoms. The number of nitrogens with one attached hydrogen (secondary N) is 2. The quantitative estimate of drug-likeness (QED) is 0.778. The summed E-state index contributed by atoms with van der Waals surface area (Å²) in [6.45, 7) is 3.58. The highest BCUT2D eigenvalue weighted by Crippen LogP contribution is 2.15. The fourth-order valence-corrected chi connectivity index (χ4v) is 2.11. The average molecular weight is 238 g/mol.